The molecular weight excluding hydrogens is 1450 g/mol. The van der Waals surface area contributed by atoms with Gasteiger partial charge in [0.25, 0.3) is 16.0 Å². The van der Waals surface area contributed by atoms with Gasteiger partial charge < -0.3 is 54.7 Å². The number of thioether (sulfide) groups is 1. The van der Waals surface area contributed by atoms with E-state index < -0.39 is 99.5 Å². The molecule has 4 aliphatic carbocycles. The van der Waals surface area contributed by atoms with Gasteiger partial charge in [-0.3, -0.25) is 43.4 Å². The van der Waals surface area contributed by atoms with Gasteiger partial charge in [-0.2, -0.15) is 25.3 Å². The molecule has 576 valence electrons. The number of carboxylic acid groups (broad SMARTS) is 2. The molecule has 31 heteroatoms. The van der Waals surface area contributed by atoms with Crippen molar-refractivity contribution in [3.05, 3.63) is 125 Å². The molecule has 5 amide bonds. The molecule has 108 heavy (non-hydrogen) atoms. The number of para-hydroxylation sites is 1. The number of likely N-dealkylation sites (tertiary alicyclic amines) is 1. The van der Waals surface area contributed by atoms with Crippen molar-refractivity contribution in [1.82, 2.24) is 34.9 Å². The van der Waals surface area contributed by atoms with Crippen LogP contribution in [-0.2, 0) is 67.9 Å². The van der Waals surface area contributed by atoms with Crippen molar-refractivity contribution in [2.45, 2.75) is 172 Å². The van der Waals surface area contributed by atoms with Crippen LogP contribution in [0.4, 0.5) is 9.93 Å². The molecule has 28 nitrogen and oxygen atoms in total. The fraction of sp³-hybridized carbons (Fsp3) is 0.494. The Bertz CT molecular complexity index is 4690. The number of ether oxygens (including phenoxy) is 4. The number of aromatic nitrogens is 4. The minimum absolute atomic E-state index is 0.000801. The van der Waals surface area contributed by atoms with E-state index in [-0.39, 0.29) is 97.5 Å². The molecule has 4 saturated carbocycles. The van der Waals surface area contributed by atoms with Gasteiger partial charge in [-0.05, 0) is 170 Å². The Morgan fingerprint density at radius 2 is 1.60 bits per heavy atom. The number of ketones is 1. The highest BCUT2D eigenvalue weighted by Gasteiger charge is 2.66. The Morgan fingerprint density at radius 1 is 0.833 bits per heavy atom. The summed E-state index contributed by atoms with van der Waals surface area (Å²) >= 11 is 2.69. The average Bonchev–Trinajstić information content (AvgIpc) is 1.04. The van der Waals surface area contributed by atoms with Crippen molar-refractivity contribution in [3.8, 4) is 28.1 Å². The molecule has 0 spiro atoms. The van der Waals surface area contributed by atoms with E-state index in [1.54, 1.807) is 49.8 Å². The molecule has 4 bridgehead atoms. The highest BCUT2D eigenvalue weighted by Crippen LogP contribution is 2.72. The van der Waals surface area contributed by atoms with Crippen LogP contribution in [0.5, 0.6) is 5.75 Å². The minimum Gasteiger partial charge on any atom is -0.479 e. The predicted molar refractivity (Wildman–Crippen MR) is 399 cm³/mol. The Labute approximate surface area is 632 Å². The first-order valence-electron chi connectivity index (χ1n) is 36.1. The molecule has 6 aliphatic rings. The van der Waals surface area contributed by atoms with Crippen molar-refractivity contribution in [1.29, 1.82) is 0 Å². The lowest BCUT2D eigenvalue weighted by atomic mass is 9.39. The van der Waals surface area contributed by atoms with Gasteiger partial charge in [0.15, 0.2) is 16.9 Å². The summed E-state index contributed by atoms with van der Waals surface area (Å²) in [6.07, 6.45) is 0.477. The molecule has 2 saturated heterocycles. The number of rotatable bonds is 33. The van der Waals surface area contributed by atoms with E-state index in [1.165, 1.54) is 39.0 Å². The monoisotopic (exact) mass is 1540 g/mol. The number of unbranched alkanes of at least 4 members (excludes halogenated alkanes) is 3. The first-order chi connectivity index (χ1) is 51.3. The van der Waals surface area contributed by atoms with Crippen molar-refractivity contribution in [2.24, 2.45) is 22.2 Å². The number of amides is 5. The molecule has 6 fully saturated rings. The van der Waals surface area contributed by atoms with Gasteiger partial charge in [0.05, 0.1) is 51.2 Å². The minimum atomic E-state index is -4.69. The number of carbonyl (C=O) groups excluding carboxylic acids is 6. The lowest BCUT2D eigenvalue weighted by Gasteiger charge is -2.69. The molecule has 13 rings (SSSR count). The Kier molecular flexibility index (Phi) is 23.6. The fourth-order valence-electron chi connectivity index (χ4n) is 17.6. The molecular formula is C77H90N8O20S3. The average molecular weight is 1540 g/mol. The van der Waals surface area contributed by atoms with E-state index in [0.29, 0.717) is 88.2 Å². The number of carbonyl (C=O) groups is 8. The number of aromatic carboxylic acids is 1. The van der Waals surface area contributed by atoms with Crippen LogP contribution >= 0.6 is 23.1 Å². The number of hydrogen-bond donors (Lipinski definition) is 8. The number of likely N-dealkylation sites (N-methyl/N-ethyl adjacent to an activating group) is 1. The molecule has 7 aromatic rings. The second kappa shape index (κ2) is 32.4. The van der Waals surface area contributed by atoms with Gasteiger partial charge in [0.2, 0.25) is 24.0 Å². The van der Waals surface area contributed by atoms with E-state index in [0.717, 1.165) is 59.8 Å². The molecule has 8 N–H and O–H groups in total. The number of aliphatic hydroxyl groups excluding tert-OH is 3. The third-order valence-corrected chi connectivity index (χ3v) is 24.3. The number of pyridine rings is 1. The topological polar surface area (TPSA) is 403 Å². The number of nitrogens with one attached hydrogen (secondary N) is 2. The zero-order valence-electron chi connectivity index (χ0n) is 60.6. The molecule has 9 atom stereocenters. The number of carboxylic acids is 2. The number of hydrogen-bond acceptors (Lipinski definition) is 22. The van der Waals surface area contributed by atoms with Crippen LogP contribution in [0.1, 0.15) is 141 Å². The van der Waals surface area contributed by atoms with E-state index >= 15 is 0 Å². The third kappa shape index (κ3) is 17.9. The van der Waals surface area contributed by atoms with Crippen molar-refractivity contribution < 1.29 is 95.8 Å². The summed E-state index contributed by atoms with van der Waals surface area (Å²) in [6, 6.07) is 26.8. The predicted octanol–water partition coefficient (Wildman–Crippen LogP) is 9.26. The summed E-state index contributed by atoms with van der Waals surface area (Å²) in [5.41, 5.74) is 4.08. The summed E-state index contributed by atoms with van der Waals surface area (Å²) in [7, 11) is -3.09. The number of aryl methyl sites for hydroxylation is 1. The van der Waals surface area contributed by atoms with Crippen LogP contribution in [-0.4, -0.2) is 202 Å². The van der Waals surface area contributed by atoms with Crippen LogP contribution in [0.25, 0.3) is 43.4 Å². The number of anilines is 1. The summed E-state index contributed by atoms with van der Waals surface area (Å²) in [5.74, 6) is -7.16. The molecule has 3 unspecified atom stereocenters. The van der Waals surface area contributed by atoms with Gasteiger partial charge in [-0.1, -0.05) is 74.1 Å². The van der Waals surface area contributed by atoms with Crippen molar-refractivity contribution in [3.63, 3.8) is 0 Å². The highest BCUT2D eigenvalue weighted by atomic mass is 32.2. The number of thiazole rings is 1. The lowest BCUT2D eigenvalue weighted by Crippen LogP contribution is -2.64. The normalized spacial score (nSPS) is 24.8. The molecule has 0 radical (unpaired) electrons. The summed E-state index contributed by atoms with van der Waals surface area (Å²) in [4.78, 5) is 116. The number of aliphatic carboxylic acids is 1. The zero-order valence-corrected chi connectivity index (χ0v) is 63.1. The fourth-order valence-corrected chi connectivity index (χ4v) is 19.9. The largest absolute Gasteiger partial charge is 0.479 e. The van der Waals surface area contributed by atoms with Gasteiger partial charge in [-0.25, -0.2) is 24.4 Å². The quantitative estimate of drug-likeness (QED) is 0.0108. The number of nitrogens with zero attached hydrogens (tertiary/aromatic N) is 6. The van der Waals surface area contributed by atoms with Crippen LogP contribution < -0.4 is 15.4 Å². The molecule has 2 aliphatic heterocycles. The number of benzene rings is 4. The number of Topliss-reactive ketones (excluding diaryl/α,β-unsaturated/α-hetero) is 1. The van der Waals surface area contributed by atoms with E-state index in [9.17, 15) is 76.9 Å². The maximum absolute atomic E-state index is 13.9. The van der Waals surface area contributed by atoms with E-state index in [1.807, 2.05) is 66.2 Å². The van der Waals surface area contributed by atoms with Crippen LogP contribution in [0, 0.1) is 29.1 Å². The van der Waals surface area contributed by atoms with Crippen molar-refractivity contribution >= 4 is 107 Å². The lowest BCUT2D eigenvalue weighted by molar-refractivity contribution is -0.271. The first-order valence-corrected chi connectivity index (χ1v) is 39.9. The standard InChI is InChI=1S/C77H90N8O20S3/c1-44-55(52-24-25-56(80-61(52)69(94)95)47-21-20-45-15-13-17-53(54(45)32-47)67(92)82-72-81-57-18-8-9-19-58(57)107-72)34-79-85(44)43-76-38-74(2)37-75(3,39-76)41-77(40-74,42-76)103-29-28-83(4)73(98)102-35-48-22-23-51(104-71-64(90)62(88)63(89)65(105-71)70(96)97)31-46(48)14-10-11-26-78-66(91)49(36-108(99,100)101)30-50(86)16-7-6-12-27-84-60(87)33-59(106-5)68(84)93/h8-9,13,15,17-25,31-32,34,49,59,62-65,71,88-90H,6-7,10-12,14,16,26-30,33,35-43H2,1-5H3,(H,78,91)(H,94,95)(H,96,97)(H,81,82,92)(H,99,100,101)/t49-,59?,62-,63-,64+,65-,71+,74?,75?,76?,77?/m0/s1. The van der Waals surface area contributed by atoms with Gasteiger partial charge in [0, 0.05) is 80.4 Å². The van der Waals surface area contributed by atoms with Crippen LogP contribution in [0.2, 0.25) is 0 Å². The van der Waals surface area contributed by atoms with Gasteiger partial charge >= 0.3 is 18.0 Å². The third-order valence-electron chi connectivity index (χ3n) is 21.6. The SMILES string of the molecule is CSC1CC(=O)N(CCCCCC(=O)C[C@@H](CS(=O)(=O)O)C(=O)NCCCCc2cc(O[C@@H]3O[C@H](C(=O)O)[C@@H](O)[C@H](O)[C@H]3O)ccc2COC(=O)N(C)CCOC23CC4(C)CC(C)(CC(Cn5ncc(-c6ccc(-c7ccc8cccc(C(=O)Nc9nc%10ccccc%10s9)c8c7)nc6C(=O)O)c5C)(C4)C2)C3)C1=O. The number of imide groups is 1. The Morgan fingerprint density at radius 3 is 2.32 bits per heavy atom. The summed E-state index contributed by atoms with van der Waals surface area (Å²) in [5, 5.41) is 64.1. The smallest absolute Gasteiger partial charge is 0.409 e. The van der Waals surface area contributed by atoms with Gasteiger partial charge in [-0.15, -0.1) is 0 Å². The van der Waals surface area contributed by atoms with Gasteiger partial charge in [0.1, 0.15) is 36.5 Å². The highest BCUT2D eigenvalue weighted by molar-refractivity contribution is 8.00. The zero-order chi connectivity index (χ0) is 77.2. The summed E-state index contributed by atoms with van der Waals surface area (Å²) < 4.78 is 60.9. The second-order valence-electron chi connectivity index (χ2n) is 30.4. The molecule has 3 aromatic heterocycles. The maximum atomic E-state index is 13.9. The van der Waals surface area contributed by atoms with E-state index in [4.69, 9.17) is 29.0 Å². The van der Waals surface area contributed by atoms with Crippen LogP contribution in [0.15, 0.2) is 97.2 Å². The molecule has 5 heterocycles. The van der Waals surface area contributed by atoms with E-state index in [2.05, 4.69) is 29.5 Å². The number of aliphatic hydroxyl groups is 3. The van der Waals surface area contributed by atoms with Crippen molar-refractivity contribution in [2.75, 3.05) is 50.6 Å². The second-order valence-corrected chi connectivity index (χ2v) is 34.0. The number of fused-ring (bicyclic) bond motifs is 2. The Balaban J connectivity index is 0.666. The maximum Gasteiger partial charge on any atom is 0.409 e. The first kappa shape index (κ1) is 78.8. The summed E-state index contributed by atoms with van der Waals surface area (Å²) in [6.45, 7) is 7.50. The molecule has 4 aromatic carbocycles. The Hall–Kier alpha value is -8.79. The van der Waals surface area contributed by atoms with Crippen LogP contribution in [0.3, 0.4) is 0 Å².